The SMILES string of the molecule is CCNc1ncc(C)c(NCC2CN(CC)CCO2)n1. The zero-order chi connectivity index (χ0) is 14.4. The second kappa shape index (κ2) is 7.40. The van der Waals surface area contributed by atoms with E-state index in [-0.39, 0.29) is 6.10 Å². The quantitative estimate of drug-likeness (QED) is 0.819. The lowest BCUT2D eigenvalue weighted by Crippen LogP contribution is -2.45. The van der Waals surface area contributed by atoms with Crippen LogP contribution in [-0.2, 0) is 4.74 Å². The highest BCUT2D eigenvalue weighted by Crippen LogP contribution is 2.13. The second-order valence-electron chi connectivity index (χ2n) is 5.02. The van der Waals surface area contributed by atoms with Gasteiger partial charge in [-0.25, -0.2) is 4.98 Å². The van der Waals surface area contributed by atoms with Crippen LogP contribution in [0.25, 0.3) is 0 Å². The third kappa shape index (κ3) is 4.05. The maximum Gasteiger partial charge on any atom is 0.224 e. The van der Waals surface area contributed by atoms with E-state index in [1.54, 1.807) is 0 Å². The Morgan fingerprint density at radius 3 is 3.00 bits per heavy atom. The van der Waals surface area contributed by atoms with Crippen molar-refractivity contribution in [3.63, 3.8) is 0 Å². The third-order valence-electron chi connectivity index (χ3n) is 3.47. The Balaban J connectivity index is 1.91. The number of anilines is 2. The van der Waals surface area contributed by atoms with Crippen molar-refractivity contribution >= 4 is 11.8 Å². The Kier molecular flexibility index (Phi) is 5.55. The molecule has 2 rings (SSSR count). The molecule has 0 saturated carbocycles. The van der Waals surface area contributed by atoms with Gasteiger partial charge in [0.2, 0.25) is 5.95 Å². The fraction of sp³-hybridized carbons (Fsp3) is 0.714. The van der Waals surface area contributed by atoms with Crippen molar-refractivity contribution in [2.24, 2.45) is 0 Å². The zero-order valence-corrected chi connectivity index (χ0v) is 12.6. The molecule has 2 N–H and O–H groups in total. The van der Waals surface area contributed by atoms with E-state index in [2.05, 4.69) is 32.4 Å². The number of aromatic nitrogens is 2. The van der Waals surface area contributed by atoms with Gasteiger partial charge < -0.3 is 15.4 Å². The predicted molar refractivity (Wildman–Crippen MR) is 81.3 cm³/mol. The Labute approximate surface area is 120 Å². The highest BCUT2D eigenvalue weighted by atomic mass is 16.5. The van der Waals surface area contributed by atoms with E-state index in [1.807, 2.05) is 20.0 Å². The van der Waals surface area contributed by atoms with Crippen LogP contribution in [0.4, 0.5) is 11.8 Å². The minimum Gasteiger partial charge on any atom is -0.374 e. The number of ether oxygens (including phenoxy) is 1. The minimum absolute atomic E-state index is 0.223. The molecule has 0 aromatic carbocycles. The maximum atomic E-state index is 5.79. The van der Waals surface area contributed by atoms with Gasteiger partial charge >= 0.3 is 0 Å². The molecule has 1 fully saturated rings. The lowest BCUT2D eigenvalue weighted by Gasteiger charge is -2.32. The smallest absolute Gasteiger partial charge is 0.224 e. The number of morpholine rings is 1. The number of likely N-dealkylation sites (N-methyl/N-ethyl adjacent to an activating group) is 1. The molecule has 6 heteroatoms. The van der Waals surface area contributed by atoms with Gasteiger partial charge in [0.05, 0.1) is 12.7 Å². The molecule has 1 aliphatic rings. The molecule has 0 amide bonds. The van der Waals surface area contributed by atoms with Crippen LogP contribution in [-0.4, -0.2) is 60.3 Å². The van der Waals surface area contributed by atoms with Gasteiger partial charge in [-0.3, -0.25) is 4.90 Å². The molecule has 1 aromatic rings. The van der Waals surface area contributed by atoms with Crippen LogP contribution >= 0.6 is 0 Å². The molecule has 0 aliphatic carbocycles. The molecular weight excluding hydrogens is 254 g/mol. The summed E-state index contributed by atoms with van der Waals surface area (Å²) in [6.07, 6.45) is 2.06. The number of hydrogen-bond donors (Lipinski definition) is 2. The van der Waals surface area contributed by atoms with Crippen molar-refractivity contribution < 1.29 is 4.74 Å². The van der Waals surface area contributed by atoms with Crippen molar-refractivity contribution in [2.45, 2.75) is 26.9 Å². The van der Waals surface area contributed by atoms with Crippen LogP contribution in [0.1, 0.15) is 19.4 Å². The van der Waals surface area contributed by atoms with Gasteiger partial charge in [-0.1, -0.05) is 6.92 Å². The van der Waals surface area contributed by atoms with E-state index in [0.29, 0.717) is 5.95 Å². The van der Waals surface area contributed by atoms with Crippen LogP contribution in [0.3, 0.4) is 0 Å². The molecule has 20 heavy (non-hydrogen) atoms. The molecule has 2 heterocycles. The Morgan fingerprint density at radius 1 is 1.40 bits per heavy atom. The van der Waals surface area contributed by atoms with Crippen molar-refractivity contribution in [1.29, 1.82) is 0 Å². The van der Waals surface area contributed by atoms with E-state index >= 15 is 0 Å². The summed E-state index contributed by atoms with van der Waals surface area (Å²) in [6.45, 7) is 11.7. The highest BCUT2D eigenvalue weighted by molar-refractivity contribution is 5.46. The minimum atomic E-state index is 0.223. The monoisotopic (exact) mass is 279 g/mol. The molecule has 0 spiro atoms. The molecule has 1 atom stereocenters. The number of nitrogens with zero attached hydrogens (tertiary/aromatic N) is 3. The fourth-order valence-electron chi connectivity index (χ4n) is 2.27. The van der Waals surface area contributed by atoms with Gasteiger partial charge in [0.1, 0.15) is 5.82 Å². The van der Waals surface area contributed by atoms with Crippen LogP contribution in [0.2, 0.25) is 0 Å². The second-order valence-corrected chi connectivity index (χ2v) is 5.02. The van der Waals surface area contributed by atoms with Gasteiger partial charge in [0, 0.05) is 37.9 Å². The summed E-state index contributed by atoms with van der Waals surface area (Å²) >= 11 is 0. The molecule has 1 unspecified atom stereocenters. The number of hydrogen-bond acceptors (Lipinski definition) is 6. The molecule has 0 radical (unpaired) electrons. The first kappa shape index (κ1) is 15.0. The normalized spacial score (nSPS) is 19.9. The molecule has 1 saturated heterocycles. The number of nitrogens with one attached hydrogen (secondary N) is 2. The van der Waals surface area contributed by atoms with Crippen molar-refractivity contribution in [2.75, 3.05) is 50.0 Å². The third-order valence-corrected chi connectivity index (χ3v) is 3.47. The van der Waals surface area contributed by atoms with E-state index < -0.39 is 0 Å². The molecule has 112 valence electrons. The highest BCUT2D eigenvalue weighted by Gasteiger charge is 2.19. The van der Waals surface area contributed by atoms with Crippen LogP contribution < -0.4 is 10.6 Å². The lowest BCUT2D eigenvalue weighted by atomic mass is 10.2. The summed E-state index contributed by atoms with van der Waals surface area (Å²) in [6, 6.07) is 0. The molecule has 6 nitrogen and oxygen atoms in total. The maximum absolute atomic E-state index is 5.79. The topological polar surface area (TPSA) is 62.3 Å². The summed E-state index contributed by atoms with van der Waals surface area (Å²) in [5.41, 5.74) is 1.05. The zero-order valence-electron chi connectivity index (χ0n) is 12.6. The predicted octanol–water partition coefficient (Wildman–Crippen LogP) is 1.35. The Bertz CT molecular complexity index is 426. The summed E-state index contributed by atoms with van der Waals surface area (Å²) in [5.74, 6) is 1.55. The van der Waals surface area contributed by atoms with Gasteiger partial charge in [0.25, 0.3) is 0 Å². The fourth-order valence-corrected chi connectivity index (χ4v) is 2.27. The van der Waals surface area contributed by atoms with E-state index in [4.69, 9.17) is 4.74 Å². The standard InChI is InChI=1S/C14H25N5O/c1-4-15-14-17-8-11(3)13(18-14)16-9-12-10-19(5-2)6-7-20-12/h8,12H,4-7,9-10H2,1-3H3,(H2,15,16,17,18). The van der Waals surface area contributed by atoms with Crippen LogP contribution in [0, 0.1) is 6.92 Å². The van der Waals surface area contributed by atoms with E-state index in [9.17, 15) is 0 Å². The van der Waals surface area contributed by atoms with Gasteiger partial charge in [-0.15, -0.1) is 0 Å². The van der Waals surface area contributed by atoms with Gasteiger partial charge in [-0.05, 0) is 20.4 Å². The lowest BCUT2D eigenvalue weighted by molar-refractivity contribution is -0.0192. The Morgan fingerprint density at radius 2 is 2.25 bits per heavy atom. The summed E-state index contributed by atoms with van der Waals surface area (Å²) in [4.78, 5) is 11.1. The Hall–Kier alpha value is -1.40. The average Bonchev–Trinajstić information content (AvgIpc) is 2.48. The first-order valence-electron chi connectivity index (χ1n) is 7.38. The first-order chi connectivity index (χ1) is 9.72. The van der Waals surface area contributed by atoms with Crippen LogP contribution in [0.15, 0.2) is 6.20 Å². The van der Waals surface area contributed by atoms with E-state index in [1.165, 1.54) is 0 Å². The van der Waals surface area contributed by atoms with Crippen molar-refractivity contribution in [1.82, 2.24) is 14.9 Å². The number of rotatable bonds is 6. The molecule has 1 aliphatic heterocycles. The average molecular weight is 279 g/mol. The van der Waals surface area contributed by atoms with Crippen molar-refractivity contribution in [3.8, 4) is 0 Å². The summed E-state index contributed by atoms with van der Waals surface area (Å²) in [5, 5.41) is 6.51. The molecule has 0 bridgehead atoms. The molecule has 1 aromatic heterocycles. The summed E-state index contributed by atoms with van der Waals surface area (Å²) in [7, 11) is 0. The van der Waals surface area contributed by atoms with Crippen LogP contribution in [0.5, 0.6) is 0 Å². The van der Waals surface area contributed by atoms with E-state index in [0.717, 1.165) is 50.7 Å². The largest absolute Gasteiger partial charge is 0.374 e. The first-order valence-corrected chi connectivity index (χ1v) is 7.38. The number of aryl methyl sites for hydroxylation is 1. The molecular formula is C14H25N5O. The van der Waals surface area contributed by atoms with Crippen molar-refractivity contribution in [3.05, 3.63) is 11.8 Å². The summed E-state index contributed by atoms with van der Waals surface area (Å²) < 4.78 is 5.79. The van der Waals surface area contributed by atoms with Gasteiger partial charge in [0.15, 0.2) is 0 Å². The van der Waals surface area contributed by atoms with Gasteiger partial charge in [-0.2, -0.15) is 4.98 Å².